The lowest BCUT2D eigenvalue weighted by Gasteiger charge is -2.18. The van der Waals surface area contributed by atoms with Crippen molar-refractivity contribution in [1.29, 1.82) is 0 Å². The summed E-state index contributed by atoms with van der Waals surface area (Å²) < 4.78 is 31.7. The minimum absolute atomic E-state index is 0.104. The molecule has 1 N–H and O–H groups in total. The summed E-state index contributed by atoms with van der Waals surface area (Å²) in [6.45, 7) is 2.95. The molecule has 108 valence electrons. The third-order valence-corrected chi connectivity index (χ3v) is 3.23. The van der Waals surface area contributed by atoms with Crippen LogP contribution in [0.5, 0.6) is 0 Å². The third kappa shape index (κ3) is 4.17. The Balaban J connectivity index is 2.06. The zero-order valence-corrected chi connectivity index (χ0v) is 11.5. The lowest BCUT2D eigenvalue weighted by molar-refractivity contribution is 0.486. The molecular formula is C16H19F2NO. The van der Waals surface area contributed by atoms with Crippen LogP contribution in [-0.2, 0) is 12.8 Å². The highest BCUT2D eigenvalue weighted by molar-refractivity contribution is 5.20. The molecule has 1 aromatic heterocycles. The summed E-state index contributed by atoms with van der Waals surface area (Å²) >= 11 is 0. The molecule has 0 aliphatic heterocycles. The van der Waals surface area contributed by atoms with Gasteiger partial charge in [-0.3, -0.25) is 0 Å². The predicted octanol–water partition coefficient (Wildman–Crippen LogP) is 3.71. The molecule has 1 unspecified atom stereocenters. The van der Waals surface area contributed by atoms with Crippen molar-refractivity contribution in [1.82, 2.24) is 5.32 Å². The van der Waals surface area contributed by atoms with Crippen molar-refractivity contribution in [2.24, 2.45) is 0 Å². The first kappa shape index (κ1) is 14.7. The van der Waals surface area contributed by atoms with Gasteiger partial charge in [0.05, 0.1) is 12.5 Å². The molecule has 1 aromatic carbocycles. The lowest BCUT2D eigenvalue weighted by Crippen LogP contribution is -2.34. The van der Waals surface area contributed by atoms with Gasteiger partial charge < -0.3 is 9.73 Å². The Kier molecular flexibility index (Phi) is 5.30. The highest BCUT2D eigenvalue weighted by atomic mass is 19.1. The molecule has 2 aromatic rings. The quantitative estimate of drug-likeness (QED) is 0.835. The fourth-order valence-corrected chi connectivity index (χ4v) is 2.21. The molecule has 0 fully saturated rings. The van der Waals surface area contributed by atoms with Gasteiger partial charge in [-0.05, 0) is 49.1 Å². The van der Waals surface area contributed by atoms with Crippen LogP contribution in [0.3, 0.4) is 0 Å². The van der Waals surface area contributed by atoms with E-state index in [4.69, 9.17) is 4.42 Å². The molecule has 0 saturated carbocycles. The third-order valence-electron chi connectivity index (χ3n) is 3.23. The Morgan fingerprint density at radius 2 is 2.05 bits per heavy atom. The van der Waals surface area contributed by atoms with Crippen LogP contribution in [0.2, 0.25) is 0 Å². The summed E-state index contributed by atoms with van der Waals surface area (Å²) in [5.41, 5.74) is 1.60. The molecule has 2 rings (SSSR count). The van der Waals surface area contributed by atoms with Crippen LogP contribution in [0.4, 0.5) is 8.78 Å². The normalized spacial score (nSPS) is 12.6. The highest BCUT2D eigenvalue weighted by Crippen LogP contribution is 2.14. The van der Waals surface area contributed by atoms with Gasteiger partial charge in [0.1, 0.15) is 11.6 Å². The molecule has 1 heterocycles. The Labute approximate surface area is 117 Å². The number of halogens is 2. The molecule has 0 radical (unpaired) electrons. The van der Waals surface area contributed by atoms with Crippen molar-refractivity contribution in [2.45, 2.75) is 32.2 Å². The Morgan fingerprint density at radius 3 is 2.70 bits per heavy atom. The monoisotopic (exact) mass is 279 g/mol. The lowest BCUT2D eigenvalue weighted by atomic mass is 10.00. The van der Waals surface area contributed by atoms with Gasteiger partial charge in [-0.1, -0.05) is 13.0 Å². The van der Waals surface area contributed by atoms with Gasteiger partial charge in [-0.2, -0.15) is 0 Å². The van der Waals surface area contributed by atoms with Crippen molar-refractivity contribution in [3.8, 4) is 0 Å². The van der Waals surface area contributed by atoms with E-state index in [1.54, 1.807) is 12.5 Å². The van der Waals surface area contributed by atoms with Gasteiger partial charge >= 0.3 is 0 Å². The molecule has 0 bridgehead atoms. The highest BCUT2D eigenvalue weighted by Gasteiger charge is 2.13. The van der Waals surface area contributed by atoms with Crippen LogP contribution in [-0.4, -0.2) is 12.6 Å². The van der Waals surface area contributed by atoms with Crippen LogP contribution in [0.15, 0.2) is 41.2 Å². The zero-order valence-electron chi connectivity index (χ0n) is 11.5. The SMILES string of the molecule is CCCNC(Cc1ccoc1)Cc1ccc(F)cc1F. The van der Waals surface area contributed by atoms with E-state index in [0.29, 0.717) is 12.0 Å². The molecule has 0 saturated heterocycles. The fourth-order valence-electron chi connectivity index (χ4n) is 2.21. The zero-order chi connectivity index (χ0) is 14.4. The van der Waals surface area contributed by atoms with Gasteiger partial charge in [0.2, 0.25) is 0 Å². The van der Waals surface area contributed by atoms with Gasteiger partial charge in [-0.15, -0.1) is 0 Å². The minimum atomic E-state index is -0.542. The maximum Gasteiger partial charge on any atom is 0.129 e. The van der Waals surface area contributed by atoms with Gasteiger partial charge in [0.15, 0.2) is 0 Å². The average molecular weight is 279 g/mol. The number of hydrogen-bond acceptors (Lipinski definition) is 2. The van der Waals surface area contributed by atoms with E-state index in [0.717, 1.165) is 31.0 Å². The number of rotatable bonds is 7. The Morgan fingerprint density at radius 1 is 1.20 bits per heavy atom. The van der Waals surface area contributed by atoms with E-state index in [9.17, 15) is 8.78 Å². The van der Waals surface area contributed by atoms with Crippen LogP contribution in [0.25, 0.3) is 0 Å². The number of nitrogens with one attached hydrogen (secondary N) is 1. The van der Waals surface area contributed by atoms with Gasteiger partial charge in [0.25, 0.3) is 0 Å². The van der Waals surface area contributed by atoms with Crippen molar-refractivity contribution in [3.63, 3.8) is 0 Å². The molecule has 20 heavy (non-hydrogen) atoms. The van der Waals surface area contributed by atoms with Crippen LogP contribution >= 0.6 is 0 Å². The second-order valence-electron chi connectivity index (χ2n) is 4.93. The topological polar surface area (TPSA) is 25.2 Å². The number of hydrogen-bond donors (Lipinski definition) is 1. The summed E-state index contributed by atoms with van der Waals surface area (Å²) in [7, 11) is 0. The molecule has 0 aliphatic rings. The average Bonchev–Trinajstić information content (AvgIpc) is 2.92. The van der Waals surface area contributed by atoms with E-state index in [2.05, 4.69) is 12.2 Å². The minimum Gasteiger partial charge on any atom is -0.472 e. The summed E-state index contributed by atoms with van der Waals surface area (Å²) in [6.07, 6.45) is 5.62. The molecule has 0 spiro atoms. The number of furan rings is 1. The molecule has 4 heteroatoms. The maximum absolute atomic E-state index is 13.7. The van der Waals surface area contributed by atoms with E-state index in [1.165, 1.54) is 12.1 Å². The van der Waals surface area contributed by atoms with Gasteiger partial charge in [0, 0.05) is 12.1 Å². The van der Waals surface area contributed by atoms with Crippen LogP contribution in [0.1, 0.15) is 24.5 Å². The van der Waals surface area contributed by atoms with Crippen molar-refractivity contribution in [2.75, 3.05) is 6.54 Å². The standard InChI is InChI=1S/C16H19F2NO/c1-2-6-19-15(8-12-5-7-20-11-12)9-13-3-4-14(17)10-16(13)18/h3-5,7,10-11,15,19H,2,6,8-9H2,1H3. The molecule has 2 nitrogen and oxygen atoms in total. The number of benzene rings is 1. The van der Waals surface area contributed by atoms with Crippen LogP contribution < -0.4 is 5.32 Å². The summed E-state index contributed by atoms with van der Waals surface area (Å²) in [5.74, 6) is -1.03. The van der Waals surface area contributed by atoms with E-state index >= 15 is 0 Å². The Bertz CT molecular complexity index is 525. The summed E-state index contributed by atoms with van der Waals surface area (Å²) in [4.78, 5) is 0. The first-order valence-corrected chi connectivity index (χ1v) is 6.87. The van der Waals surface area contributed by atoms with Crippen molar-refractivity contribution >= 4 is 0 Å². The second-order valence-corrected chi connectivity index (χ2v) is 4.93. The molecule has 1 atom stereocenters. The Hall–Kier alpha value is -1.68. The molecule has 0 aliphatic carbocycles. The largest absolute Gasteiger partial charge is 0.472 e. The summed E-state index contributed by atoms with van der Waals surface area (Å²) in [6, 6.07) is 5.76. The van der Waals surface area contributed by atoms with E-state index < -0.39 is 11.6 Å². The second kappa shape index (κ2) is 7.20. The molecular weight excluding hydrogens is 260 g/mol. The first-order chi connectivity index (χ1) is 9.69. The van der Waals surface area contributed by atoms with Crippen molar-refractivity contribution in [3.05, 3.63) is 59.6 Å². The first-order valence-electron chi connectivity index (χ1n) is 6.87. The van der Waals surface area contributed by atoms with E-state index in [-0.39, 0.29) is 6.04 Å². The molecule has 0 amide bonds. The van der Waals surface area contributed by atoms with Gasteiger partial charge in [-0.25, -0.2) is 8.78 Å². The predicted molar refractivity (Wildman–Crippen MR) is 74.6 cm³/mol. The smallest absolute Gasteiger partial charge is 0.129 e. The maximum atomic E-state index is 13.7. The van der Waals surface area contributed by atoms with Crippen LogP contribution in [0, 0.1) is 11.6 Å². The van der Waals surface area contributed by atoms with Crippen molar-refractivity contribution < 1.29 is 13.2 Å². The summed E-state index contributed by atoms with van der Waals surface area (Å²) in [5, 5.41) is 3.40. The fraction of sp³-hybridized carbons (Fsp3) is 0.375. The van der Waals surface area contributed by atoms with E-state index in [1.807, 2.05) is 6.07 Å².